The molecule has 0 saturated carbocycles. The molecule has 3 aromatic rings. The number of anilines is 1. The van der Waals surface area contributed by atoms with Crippen LogP contribution >= 0.6 is 0 Å². The van der Waals surface area contributed by atoms with E-state index in [2.05, 4.69) is 23.5 Å². The van der Waals surface area contributed by atoms with Crippen LogP contribution in [0.3, 0.4) is 0 Å². The Morgan fingerprint density at radius 3 is 2.46 bits per heavy atom. The maximum Gasteiger partial charge on any atom is 0.124 e. The molecule has 3 rings (SSSR count). The van der Waals surface area contributed by atoms with Crippen molar-refractivity contribution in [2.45, 2.75) is 20.1 Å². The van der Waals surface area contributed by atoms with E-state index in [0.717, 1.165) is 28.3 Å². The van der Waals surface area contributed by atoms with Crippen molar-refractivity contribution in [3.8, 4) is 11.5 Å². The molecule has 0 atom stereocenters. The SMILES string of the molecule is CCOCCOc1ccccc1CNc1cccc(OCc2ccccc2)c1. The van der Waals surface area contributed by atoms with Gasteiger partial charge in [0.1, 0.15) is 24.7 Å². The van der Waals surface area contributed by atoms with E-state index in [9.17, 15) is 0 Å². The Balaban J connectivity index is 1.55. The minimum absolute atomic E-state index is 0.549. The number of para-hydroxylation sites is 1. The van der Waals surface area contributed by atoms with Crippen LogP contribution in [0, 0.1) is 0 Å². The molecule has 0 fully saturated rings. The maximum absolute atomic E-state index is 5.91. The number of nitrogens with one attached hydrogen (secondary N) is 1. The molecule has 0 heterocycles. The van der Waals surface area contributed by atoms with Gasteiger partial charge in [0.15, 0.2) is 0 Å². The van der Waals surface area contributed by atoms with Crippen molar-refractivity contribution in [1.82, 2.24) is 0 Å². The molecule has 0 aromatic heterocycles. The smallest absolute Gasteiger partial charge is 0.124 e. The Hall–Kier alpha value is -2.98. The van der Waals surface area contributed by atoms with Crippen LogP contribution in [0.5, 0.6) is 11.5 Å². The Bertz CT molecular complexity index is 836. The summed E-state index contributed by atoms with van der Waals surface area (Å²) in [5.41, 5.74) is 3.27. The zero-order chi connectivity index (χ0) is 19.4. The predicted molar refractivity (Wildman–Crippen MR) is 113 cm³/mol. The van der Waals surface area contributed by atoms with Gasteiger partial charge in [-0.3, -0.25) is 0 Å². The van der Waals surface area contributed by atoms with Gasteiger partial charge < -0.3 is 19.5 Å². The summed E-state index contributed by atoms with van der Waals surface area (Å²) in [7, 11) is 0. The van der Waals surface area contributed by atoms with E-state index < -0.39 is 0 Å². The van der Waals surface area contributed by atoms with Crippen molar-refractivity contribution >= 4 is 5.69 Å². The molecule has 0 unspecified atom stereocenters. The second kappa shape index (κ2) is 11.0. The molecule has 4 heteroatoms. The number of hydrogen-bond acceptors (Lipinski definition) is 4. The third kappa shape index (κ3) is 6.32. The van der Waals surface area contributed by atoms with Crippen LogP contribution in [-0.4, -0.2) is 19.8 Å². The fourth-order valence-electron chi connectivity index (χ4n) is 2.78. The van der Waals surface area contributed by atoms with Crippen molar-refractivity contribution < 1.29 is 14.2 Å². The molecule has 0 aliphatic rings. The van der Waals surface area contributed by atoms with Gasteiger partial charge >= 0.3 is 0 Å². The average molecular weight is 377 g/mol. The average Bonchev–Trinajstić information content (AvgIpc) is 2.75. The molecule has 0 spiro atoms. The van der Waals surface area contributed by atoms with Gasteiger partial charge in [-0.25, -0.2) is 0 Å². The highest BCUT2D eigenvalue weighted by molar-refractivity contribution is 5.49. The zero-order valence-electron chi connectivity index (χ0n) is 16.3. The second-order valence-electron chi connectivity index (χ2n) is 6.31. The first-order valence-corrected chi connectivity index (χ1v) is 9.64. The van der Waals surface area contributed by atoms with Crippen LogP contribution in [0.15, 0.2) is 78.9 Å². The van der Waals surface area contributed by atoms with Crippen molar-refractivity contribution in [3.63, 3.8) is 0 Å². The lowest BCUT2D eigenvalue weighted by molar-refractivity contribution is 0.110. The standard InChI is InChI=1S/C24H27NO3/c1-2-26-15-16-27-24-14-7-6-11-21(24)18-25-22-12-8-13-23(17-22)28-19-20-9-4-3-5-10-20/h3-14,17,25H,2,15-16,18-19H2,1H3. The minimum Gasteiger partial charge on any atom is -0.491 e. The van der Waals surface area contributed by atoms with Crippen molar-refractivity contribution in [3.05, 3.63) is 90.0 Å². The molecular formula is C24H27NO3. The Labute approximate surface area is 167 Å². The summed E-state index contributed by atoms with van der Waals surface area (Å²) in [5.74, 6) is 1.72. The lowest BCUT2D eigenvalue weighted by Gasteiger charge is -2.13. The first-order chi connectivity index (χ1) is 13.8. The van der Waals surface area contributed by atoms with Gasteiger partial charge in [-0.15, -0.1) is 0 Å². The summed E-state index contributed by atoms with van der Waals surface area (Å²) in [6.07, 6.45) is 0. The zero-order valence-corrected chi connectivity index (χ0v) is 16.3. The van der Waals surface area contributed by atoms with Gasteiger partial charge in [-0.05, 0) is 30.7 Å². The maximum atomic E-state index is 5.91. The normalized spacial score (nSPS) is 10.5. The molecule has 0 radical (unpaired) electrons. The van der Waals surface area contributed by atoms with E-state index in [4.69, 9.17) is 14.2 Å². The van der Waals surface area contributed by atoms with Crippen LogP contribution in [0.4, 0.5) is 5.69 Å². The molecular weight excluding hydrogens is 350 g/mol. The molecule has 146 valence electrons. The van der Waals surface area contributed by atoms with Crippen LogP contribution in [0.1, 0.15) is 18.1 Å². The van der Waals surface area contributed by atoms with Gasteiger partial charge in [-0.2, -0.15) is 0 Å². The summed E-state index contributed by atoms with van der Waals surface area (Å²) in [4.78, 5) is 0. The van der Waals surface area contributed by atoms with Gasteiger partial charge in [0.25, 0.3) is 0 Å². The second-order valence-corrected chi connectivity index (χ2v) is 6.31. The molecule has 1 N–H and O–H groups in total. The van der Waals surface area contributed by atoms with Crippen molar-refractivity contribution in [2.75, 3.05) is 25.1 Å². The van der Waals surface area contributed by atoms with E-state index >= 15 is 0 Å². The van der Waals surface area contributed by atoms with Gasteiger partial charge in [0.05, 0.1) is 6.61 Å². The van der Waals surface area contributed by atoms with Crippen molar-refractivity contribution in [2.24, 2.45) is 0 Å². The summed E-state index contributed by atoms with van der Waals surface area (Å²) in [6.45, 7) is 5.06. The molecule has 28 heavy (non-hydrogen) atoms. The highest BCUT2D eigenvalue weighted by Gasteiger charge is 2.04. The van der Waals surface area contributed by atoms with E-state index in [-0.39, 0.29) is 0 Å². The third-order valence-corrected chi connectivity index (χ3v) is 4.23. The monoisotopic (exact) mass is 377 g/mol. The van der Waals surface area contributed by atoms with E-state index in [1.807, 2.05) is 67.6 Å². The predicted octanol–water partition coefficient (Wildman–Crippen LogP) is 5.29. The van der Waals surface area contributed by atoms with Crippen LogP contribution in [0.25, 0.3) is 0 Å². The van der Waals surface area contributed by atoms with E-state index in [0.29, 0.717) is 33.0 Å². The number of ether oxygens (including phenoxy) is 3. The van der Waals surface area contributed by atoms with E-state index in [1.54, 1.807) is 0 Å². The number of benzene rings is 3. The first-order valence-electron chi connectivity index (χ1n) is 9.64. The molecule has 0 amide bonds. The molecule has 0 saturated heterocycles. The van der Waals surface area contributed by atoms with Crippen molar-refractivity contribution in [1.29, 1.82) is 0 Å². The fraction of sp³-hybridized carbons (Fsp3) is 0.250. The Morgan fingerprint density at radius 1 is 0.786 bits per heavy atom. The summed E-state index contributed by atoms with van der Waals surface area (Å²) in [6, 6.07) is 26.2. The Morgan fingerprint density at radius 2 is 1.61 bits per heavy atom. The van der Waals surface area contributed by atoms with Crippen LogP contribution in [0.2, 0.25) is 0 Å². The van der Waals surface area contributed by atoms with Crippen LogP contribution < -0.4 is 14.8 Å². The molecule has 0 aliphatic carbocycles. The number of rotatable bonds is 11. The van der Waals surface area contributed by atoms with Crippen LogP contribution in [-0.2, 0) is 17.9 Å². The highest BCUT2D eigenvalue weighted by Crippen LogP contribution is 2.22. The molecule has 4 nitrogen and oxygen atoms in total. The first kappa shape index (κ1) is 19.8. The van der Waals surface area contributed by atoms with E-state index in [1.165, 1.54) is 0 Å². The summed E-state index contributed by atoms with van der Waals surface area (Å²) >= 11 is 0. The number of hydrogen-bond donors (Lipinski definition) is 1. The molecule has 0 bridgehead atoms. The topological polar surface area (TPSA) is 39.7 Å². The lowest BCUT2D eigenvalue weighted by atomic mass is 10.2. The largest absolute Gasteiger partial charge is 0.491 e. The quantitative estimate of drug-likeness (QED) is 0.461. The minimum atomic E-state index is 0.549. The highest BCUT2D eigenvalue weighted by atomic mass is 16.5. The Kier molecular flexibility index (Phi) is 7.77. The summed E-state index contributed by atoms with van der Waals surface area (Å²) in [5, 5.41) is 3.45. The molecule has 3 aromatic carbocycles. The van der Waals surface area contributed by atoms with Gasteiger partial charge in [-0.1, -0.05) is 54.6 Å². The third-order valence-electron chi connectivity index (χ3n) is 4.23. The molecule has 0 aliphatic heterocycles. The summed E-state index contributed by atoms with van der Waals surface area (Å²) < 4.78 is 17.1. The lowest BCUT2D eigenvalue weighted by Crippen LogP contribution is -2.09. The van der Waals surface area contributed by atoms with Gasteiger partial charge in [0.2, 0.25) is 0 Å². The fourth-order valence-corrected chi connectivity index (χ4v) is 2.78. The van der Waals surface area contributed by atoms with Gasteiger partial charge in [0, 0.05) is 30.5 Å².